The van der Waals surface area contributed by atoms with Crippen molar-refractivity contribution in [1.82, 2.24) is 10.3 Å². The van der Waals surface area contributed by atoms with Crippen LogP contribution in [-0.2, 0) is 6.42 Å². The van der Waals surface area contributed by atoms with Crippen LogP contribution in [0.4, 0.5) is 0 Å². The molecule has 0 aliphatic carbocycles. The van der Waals surface area contributed by atoms with Crippen molar-refractivity contribution in [3.8, 4) is 11.5 Å². The number of pyridine rings is 1. The van der Waals surface area contributed by atoms with Crippen LogP contribution in [0, 0.1) is 0 Å². The predicted molar refractivity (Wildman–Crippen MR) is 110 cm³/mol. The third-order valence-corrected chi connectivity index (χ3v) is 4.72. The summed E-state index contributed by atoms with van der Waals surface area (Å²) in [5.41, 5.74) is 3.08. The molecule has 0 spiro atoms. The highest BCUT2D eigenvalue weighted by Crippen LogP contribution is 2.31. The quantitative estimate of drug-likeness (QED) is 0.594. The van der Waals surface area contributed by atoms with Gasteiger partial charge in [-0.05, 0) is 35.7 Å². The molecule has 3 rings (SSSR count). The highest BCUT2D eigenvalue weighted by atomic mass is 16.5. The van der Waals surface area contributed by atoms with Crippen molar-refractivity contribution >= 4 is 0 Å². The van der Waals surface area contributed by atoms with E-state index in [9.17, 15) is 5.11 Å². The molecule has 1 heterocycles. The maximum absolute atomic E-state index is 10.5. The zero-order valence-corrected chi connectivity index (χ0v) is 16.2. The van der Waals surface area contributed by atoms with Gasteiger partial charge >= 0.3 is 0 Å². The minimum absolute atomic E-state index is 0.00790. The fourth-order valence-electron chi connectivity index (χ4n) is 3.17. The molecular formula is C23H26N2O3. The standard InChI is InChI=1S/C23H26N2O3/c1-27-22-11-10-18(14-23(22)28-2)20(13-17-7-4-3-5-8-17)25-16-21(26)19-9-6-12-24-15-19/h3-12,14-15,20-21,25-26H,13,16H2,1-2H3. The van der Waals surface area contributed by atoms with Crippen molar-refractivity contribution in [2.75, 3.05) is 20.8 Å². The van der Waals surface area contributed by atoms with Crippen LogP contribution in [0.15, 0.2) is 73.1 Å². The molecule has 0 saturated heterocycles. The Morgan fingerprint density at radius 1 is 0.929 bits per heavy atom. The summed E-state index contributed by atoms with van der Waals surface area (Å²) in [5.74, 6) is 1.38. The number of nitrogens with one attached hydrogen (secondary N) is 1. The van der Waals surface area contributed by atoms with Gasteiger partial charge in [0.05, 0.1) is 20.3 Å². The molecular weight excluding hydrogens is 352 g/mol. The minimum Gasteiger partial charge on any atom is -0.493 e. The van der Waals surface area contributed by atoms with Crippen LogP contribution >= 0.6 is 0 Å². The number of aliphatic hydroxyl groups is 1. The minimum atomic E-state index is -0.632. The summed E-state index contributed by atoms with van der Waals surface area (Å²) >= 11 is 0. The monoisotopic (exact) mass is 378 g/mol. The van der Waals surface area contributed by atoms with Crippen molar-refractivity contribution in [1.29, 1.82) is 0 Å². The molecule has 2 aromatic carbocycles. The van der Waals surface area contributed by atoms with E-state index in [4.69, 9.17) is 9.47 Å². The molecule has 2 N–H and O–H groups in total. The first-order chi connectivity index (χ1) is 13.7. The highest BCUT2D eigenvalue weighted by Gasteiger charge is 2.17. The summed E-state index contributed by atoms with van der Waals surface area (Å²) < 4.78 is 10.8. The van der Waals surface area contributed by atoms with Crippen molar-refractivity contribution in [2.45, 2.75) is 18.6 Å². The second kappa shape index (κ2) is 9.88. The summed E-state index contributed by atoms with van der Waals surface area (Å²) in [5, 5.41) is 14.0. The SMILES string of the molecule is COc1ccc(C(Cc2ccccc2)NCC(O)c2cccnc2)cc1OC. The van der Waals surface area contributed by atoms with Crippen LogP contribution in [0.2, 0.25) is 0 Å². The second-order valence-corrected chi connectivity index (χ2v) is 6.57. The number of ether oxygens (including phenoxy) is 2. The van der Waals surface area contributed by atoms with Gasteiger partial charge in [0, 0.05) is 30.5 Å². The van der Waals surface area contributed by atoms with E-state index in [1.54, 1.807) is 26.6 Å². The van der Waals surface area contributed by atoms with Crippen LogP contribution in [0.25, 0.3) is 0 Å². The normalized spacial score (nSPS) is 13.0. The van der Waals surface area contributed by atoms with E-state index in [0.717, 1.165) is 17.5 Å². The lowest BCUT2D eigenvalue weighted by molar-refractivity contribution is 0.169. The number of aliphatic hydroxyl groups excluding tert-OH is 1. The van der Waals surface area contributed by atoms with Crippen LogP contribution in [0.1, 0.15) is 28.8 Å². The number of hydrogen-bond donors (Lipinski definition) is 2. The molecule has 0 fully saturated rings. The second-order valence-electron chi connectivity index (χ2n) is 6.57. The largest absolute Gasteiger partial charge is 0.493 e. The van der Waals surface area contributed by atoms with Gasteiger partial charge in [0.2, 0.25) is 0 Å². The lowest BCUT2D eigenvalue weighted by Gasteiger charge is -2.22. The number of aromatic nitrogens is 1. The van der Waals surface area contributed by atoms with Crippen molar-refractivity contribution in [3.05, 3.63) is 89.7 Å². The van der Waals surface area contributed by atoms with Crippen LogP contribution in [0.3, 0.4) is 0 Å². The molecule has 0 amide bonds. The Morgan fingerprint density at radius 3 is 2.39 bits per heavy atom. The number of rotatable bonds is 9. The molecule has 0 saturated carbocycles. The van der Waals surface area contributed by atoms with E-state index in [0.29, 0.717) is 18.0 Å². The van der Waals surface area contributed by atoms with Crippen molar-refractivity contribution < 1.29 is 14.6 Å². The van der Waals surface area contributed by atoms with Crippen molar-refractivity contribution in [2.24, 2.45) is 0 Å². The average Bonchev–Trinajstić information content (AvgIpc) is 2.77. The first-order valence-electron chi connectivity index (χ1n) is 9.28. The lowest BCUT2D eigenvalue weighted by atomic mass is 9.98. The first kappa shape index (κ1) is 19.9. The molecule has 5 heteroatoms. The first-order valence-corrected chi connectivity index (χ1v) is 9.28. The molecule has 0 radical (unpaired) electrons. The van der Waals surface area contributed by atoms with Gasteiger partial charge in [0.25, 0.3) is 0 Å². The fraction of sp³-hybridized carbons (Fsp3) is 0.261. The van der Waals surface area contributed by atoms with Gasteiger partial charge in [0.15, 0.2) is 11.5 Å². The smallest absolute Gasteiger partial charge is 0.161 e. The van der Waals surface area contributed by atoms with Gasteiger partial charge < -0.3 is 19.9 Å². The Morgan fingerprint density at radius 2 is 1.71 bits per heavy atom. The number of methoxy groups -OCH3 is 2. The Hall–Kier alpha value is -2.89. The maximum atomic E-state index is 10.5. The van der Waals surface area contributed by atoms with Gasteiger partial charge in [-0.25, -0.2) is 0 Å². The summed E-state index contributed by atoms with van der Waals surface area (Å²) in [4.78, 5) is 4.08. The average molecular weight is 378 g/mol. The summed E-state index contributed by atoms with van der Waals surface area (Å²) in [6.07, 6.45) is 3.54. The fourth-order valence-corrected chi connectivity index (χ4v) is 3.17. The zero-order valence-electron chi connectivity index (χ0n) is 16.2. The van der Waals surface area contributed by atoms with Crippen LogP contribution in [0.5, 0.6) is 11.5 Å². The predicted octanol–water partition coefficient (Wildman–Crippen LogP) is 3.71. The van der Waals surface area contributed by atoms with Crippen molar-refractivity contribution in [3.63, 3.8) is 0 Å². The number of benzene rings is 2. The van der Waals surface area contributed by atoms with Crippen LogP contribution < -0.4 is 14.8 Å². The third kappa shape index (κ3) is 5.09. The van der Waals surface area contributed by atoms with Gasteiger partial charge in [-0.1, -0.05) is 42.5 Å². The molecule has 0 bridgehead atoms. The molecule has 5 nitrogen and oxygen atoms in total. The molecule has 2 atom stereocenters. The molecule has 1 aromatic heterocycles. The Labute approximate surface area is 166 Å². The van der Waals surface area contributed by atoms with E-state index in [2.05, 4.69) is 22.4 Å². The lowest BCUT2D eigenvalue weighted by Crippen LogP contribution is -2.28. The van der Waals surface area contributed by atoms with E-state index >= 15 is 0 Å². The maximum Gasteiger partial charge on any atom is 0.161 e. The molecule has 0 aliphatic heterocycles. The van der Waals surface area contributed by atoms with E-state index in [1.165, 1.54) is 5.56 Å². The van der Waals surface area contributed by atoms with E-state index in [-0.39, 0.29) is 6.04 Å². The highest BCUT2D eigenvalue weighted by molar-refractivity contribution is 5.44. The van der Waals surface area contributed by atoms with Gasteiger partial charge in [-0.15, -0.1) is 0 Å². The number of nitrogens with zero attached hydrogens (tertiary/aromatic N) is 1. The molecule has 146 valence electrons. The van der Waals surface area contributed by atoms with Gasteiger partial charge in [-0.2, -0.15) is 0 Å². The Kier molecular flexibility index (Phi) is 7.00. The topological polar surface area (TPSA) is 63.6 Å². The summed E-state index contributed by atoms with van der Waals surface area (Å²) in [7, 11) is 3.26. The third-order valence-electron chi connectivity index (χ3n) is 4.72. The van der Waals surface area contributed by atoms with E-state index < -0.39 is 6.10 Å². The molecule has 0 aliphatic rings. The van der Waals surface area contributed by atoms with Crippen LogP contribution in [-0.4, -0.2) is 30.9 Å². The molecule has 3 aromatic rings. The Balaban J connectivity index is 1.81. The van der Waals surface area contributed by atoms with Gasteiger partial charge in [0.1, 0.15) is 0 Å². The molecule has 28 heavy (non-hydrogen) atoms. The summed E-state index contributed by atoms with van der Waals surface area (Å²) in [6, 6.07) is 19.9. The Bertz CT molecular complexity index is 856. The summed E-state index contributed by atoms with van der Waals surface area (Å²) in [6.45, 7) is 0.414. The van der Waals surface area contributed by atoms with E-state index in [1.807, 2.05) is 48.5 Å². The zero-order chi connectivity index (χ0) is 19.8. The molecule has 2 unspecified atom stereocenters. The number of hydrogen-bond acceptors (Lipinski definition) is 5. The van der Waals surface area contributed by atoms with Gasteiger partial charge in [-0.3, -0.25) is 4.98 Å².